The summed E-state index contributed by atoms with van der Waals surface area (Å²) in [5, 5.41) is 0. The number of hydrogen-bond acceptors (Lipinski definition) is 4. The van der Waals surface area contributed by atoms with E-state index in [0.29, 0.717) is 11.8 Å². The summed E-state index contributed by atoms with van der Waals surface area (Å²) in [6, 6.07) is 0.0841. The minimum absolute atomic E-state index is 0.108. The molecule has 2 rings (SSSR count). The maximum atomic E-state index is 12.8. The van der Waals surface area contributed by atoms with Gasteiger partial charge in [-0.05, 0) is 51.9 Å². The Morgan fingerprint density at radius 3 is 2.43 bits per heavy atom. The number of fused-ring (bicyclic) bond motifs is 1. The highest BCUT2D eigenvalue weighted by molar-refractivity contribution is 5.73. The first-order valence-corrected chi connectivity index (χ1v) is 8.81. The number of hydrogen-bond donors (Lipinski definition) is 0. The summed E-state index contributed by atoms with van der Waals surface area (Å²) in [5.74, 6) is 0.883. The third kappa shape index (κ3) is 4.39. The lowest BCUT2D eigenvalue weighted by Gasteiger charge is -2.50. The number of rotatable bonds is 2. The van der Waals surface area contributed by atoms with Crippen molar-refractivity contribution in [3.05, 3.63) is 0 Å². The van der Waals surface area contributed by atoms with Crippen molar-refractivity contribution in [2.75, 3.05) is 7.11 Å². The zero-order chi connectivity index (χ0) is 17.2. The number of esters is 1. The van der Waals surface area contributed by atoms with Gasteiger partial charge in [0.05, 0.1) is 13.5 Å². The Morgan fingerprint density at radius 1 is 1.13 bits per heavy atom. The third-order valence-corrected chi connectivity index (χ3v) is 5.20. The zero-order valence-corrected chi connectivity index (χ0v) is 15.1. The highest BCUT2D eigenvalue weighted by atomic mass is 16.6. The number of carbonyl (C=O) groups excluding carboxylic acids is 2. The van der Waals surface area contributed by atoms with Gasteiger partial charge in [-0.15, -0.1) is 0 Å². The van der Waals surface area contributed by atoms with Crippen LogP contribution in [0.5, 0.6) is 0 Å². The molecule has 0 aromatic carbocycles. The first-order chi connectivity index (χ1) is 10.7. The Labute approximate surface area is 139 Å². The predicted molar refractivity (Wildman–Crippen MR) is 88.0 cm³/mol. The Bertz CT molecular complexity index is 443. The van der Waals surface area contributed by atoms with Gasteiger partial charge in [-0.2, -0.15) is 0 Å². The molecule has 4 atom stereocenters. The number of piperidine rings is 1. The van der Waals surface area contributed by atoms with Gasteiger partial charge in [0, 0.05) is 12.1 Å². The number of likely N-dealkylation sites (tertiary alicyclic amines) is 1. The van der Waals surface area contributed by atoms with Crippen LogP contribution in [0.4, 0.5) is 4.79 Å². The molecule has 0 radical (unpaired) electrons. The minimum Gasteiger partial charge on any atom is -0.469 e. The highest BCUT2D eigenvalue weighted by Gasteiger charge is 2.45. The summed E-state index contributed by atoms with van der Waals surface area (Å²) in [6.07, 6.45) is 5.26. The molecule has 0 bridgehead atoms. The number of ether oxygens (including phenoxy) is 2. The second-order valence-electron chi connectivity index (χ2n) is 8.04. The van der Waals surface area contributed by atoms with Gasteiger partial charge in [0.1, 0.15) is 5.60 Å². The molecule has 0 spiro atoms. The zero-order valence-electron chi connectivity index (χ0n) is 15.1. The van der Waals surface area contributed by atoms with Crippen molar-refractivity contribution >= 4 is 12.1 Å². The SMILES string of the molecule is COC(=O)C[C@H]1CC[C@@H]2[C@@H](C)CCC[C@@H]2N1C(=O)OC(C)(C)C. The van der Waals surface area contributed by atoms with Crippen LogP contribution >= 0.6 is 0 Å². The molecule has 1 amide bonds. The average molecular weight is 325 g/mol. The molecule has 23 heavy (non-hydrogen) atoms. The van der Waals surface area contributed by atoms with Crippen molar-refractivity contribution in [1.82, 2.24) is 4.90 Å². The van der Waals surface area contributed by atoms with E-state index in [2.05, 4.69) is 6.92 Å². The molecule has 2 aliphatic rings. The number of nitrogens with zero attached hydrogens (tertiary/aromatic N) is 1. The first kappa shape index (κ1) is 18.1. The topological polar surface area (TPSA) is 55.8 Å². The normalized spacial score (nSPS) is 31.3. The Hall–Kier alpha value is -1.26. The molecule has 0 unspecified atom stereocenters. The largest absolute Gasteiger partial charge is 0.469 e. The molecular formula is C18H31NO4. The van der Waals surface area contributed by atoms with Gasteiger partial charge in [-0.25, -0.2) is 4.79 Å². The van der Waals surface area contributed by atoms with Gasteiger partial charge in [-0.1, -0.05) is 19.8 Å². The summed E-state index contributed by atoms with van der Waals surface area (Å²) in [6.45, 7) is 7.92. The van der Waals surface area contributed by atoms with Crippen molar-refractivity contribution in [3.8, 4) is 0 Å². The lowest BCUT2D eigenvalue weighted by atomic mass is 9.70. The standard InChI is InChI=1S/C18H31NO4/c1-12-7-6-8-15-14(12)10-9-13(11-16(20)22-5)19(15)17(21)23-18(2,3)4/h12-15H,6-11H2,1-5H3/t12-,13+,14+,15-/m0/s1. The molecule has 0 aromatic rings. The van der Waals surface area contributed by atoms with Gasteiger partial charge >= 0.3 is 12.1 Å². The smallest absolute Gasteiger partial charge is 0.410 e. The summed E-state index contributed by atoms with van der Waals surface area (Å²) in [5.41, 5.74) is -0.528. The molecule has 1 heterocycles. The summed E-state index contributed by atoms with van der Waals surface area (Å²) < 4.78 is 10.5. The van der Waals surface area contributed by atoms with Crippen LogP contribution in [0.25, 0.3) is 0 Å². The minimum atomic E-state index is -0.528. The van der Waals surface area contributed by atoms with Crippen molar-refractivity contribution in [3.63, 3.8) is 0 Å². The van der Waals surface area contributed by atoms with E-state index in [9.17, 15) is 9.59 Å². The van der Waals surface area contributed by atoms with Crippen LogP contribution in [-0.2, 0) is 14.3 Å². The van der Waals surface area contributed by atoms with Crippen LogP contribution in [0.2, 0.25) is 0 Å². The van der Waals surface area contributed by atoms with Crippen LogP contribution < -0.4 is 0 Å². The predicted octanol–water partition coefficient (Wildman–Crippen LogP) is 3.75. The van der Waals surface area contributed by atoms with Crippen molar-refractivity contribution in [2.45, 2.75) is 83.9 Å². The van der Waals surface area contributed by atoms with Gasteiger partial charge in [0.15, 0.2) is 0 Å². The second-order valence-corrected chi connectivity index (χ2v) is 8.04. The molecule has 5 heteroatoms. The second kappa shape index (κ2) is 7.10. The fourth-order valence-corrected chi connectivity index (χ4v) is 4.15. The Morgan fingerprint density at radius 2 is 1.83 bits per heavy atom. The van der Waals surface area contributed by atoms with E-state index in [1.54, 1.807) is 0 Å². The molecule has 0 aromatic heterocycles. The van der Waals surface area contributed by atoms with Crippen LogP contribution in [0.1, 0.15) is 66.2 Å². The monoisotopic (exact) mass is 325 g/mol. The molecular weight excluding hydrogens is 294 g/mol. The lowest BCUT2D eigenvalue weighted by Crippen LogP contribution is -2.57. The fourth-order valence-electron chi connectivity index (χ4n) is 4.15. The van der Waals surface area contributed by atoms with Gasteiger partial charge in [0.25, 0.3) is 0 Å². The van der Waals surface area contributed by atoms with E-state index in [1.807, 2.05) is 25.7 Å². The van der Waals surface area contributed by atoms with Gasteiger partial charge < -0.3 is 14.4 Å². The first-order valence-electron chi connectivity index (χ1n) is 8.81. The van der Waals surface area contributed by atoms with E-state index in [4.69, 9.17) is 9.47 Å². The maximum absolute atomic E-state index is 12.8. The van der Waals surface area contributed by atoms with Gasteiger partial charge in [-0.3, -0.25) is 4.79 Å². The van der Waals surface area contributed by atoms with E-state index in [-0.39, 0.29) is 30.6 Å². The van der Waals surface area contributed by atoms with E-state index in [0.717, 1.165) is 25.7 Å². The maximum Gasteiger partial charge on any atom is 0.410 e. The molecule has 0 N–H and O–H groups in total. The number of carbonyl (C=O) groups is 2. The van der Waals surface area contributed by atoms with Crippen molar-refractivity contribution in [2.24, 2.45) is 11.8 Å². The molecule has 1 aliphatic heterocycles. The van der Waals surface area contributed by atoms with E-state index in [1.165, 1.54) is 13.5 Å². The van der Waals surface area contributed by atoms with Gasteiger partial charge in [0.2, 0.25) is 0 Å². The molecule has 1 aliphatic carbocycles. The summed E-state index contributed by atoms with van der Waals surface area (Å²) in [4.78, 5) is 26.4. The molecule has 5 nitrogen and oxygen atoms in total. The van der Waals surface area contributed by atoms with E-state index >= 15 is 0 Å². The quantitative estimate of drug-likeness (QED) is 0.726. The van der Waals surface area contributed by atoms with E-state index < -0.39 is 5.60 Å². The van der Waals surface area contributed by atoms with Crippen LogP contribution in [0.3, 0.4) is 0 Å². The fraction of sp³-hybridized carbons (Fsp3) is 0.889. The molecule has 2 fully saturated rings. The molecule has 1 saturated heterocycles. The van der Waals surface area contributed by atoms with Crippen molar-refractivity contribution in [1.29, 1.82) is 0 Å². The molecule has 132 valence electrons. The van der Waals surface area contributed by atoms with Crippen LogP contribution in [-0.4, -0.2) is 41.8 Å². The lowest BCUT2D eigenvalue weighted by molar-refractivity contribution is -0.143. The van der Waals surface area contributed by atoms with Crippen LogP contribution in [0.15, 0.2) is 0 Å². The number of amides is 1. The molecule has 1 saturated carbocycles. The third-order valence-electron chi connectivity index (χ3n) is 5.20. The Kier molecular flexibility index (Phi) is 5.58. The summed E-state index contributed by atoms with van der Waals surface area (Å²) >= 11 is 0. The number of methoxy groups -OCH3 is 1. The average Bonchev–Trinajstić information content (AvgIpc) is 2.45. The summed E-state index contributed by atoms with van der Waals surface area (Å²) in [7, 11) is 1.40. The van der Waals surface area contributed by atoms with Crippen LogP contribution in [0, 0.1) is 11.8 Å². The van der Waals surface area contributed by atoms with Crippen molar-refractivity contribution < 1.29 is 19.1 Å². The highest BCUT2D eigenvalue weighted by Crippen LogP contribution is 2.42. The Balaban J connectivity index is 2.21.